The molecule has 1 saturated heterocycles. The fourth-order valence-electron chi connectivity index (χ4n) is 3.74. The highest BCUT2D eigenvalue weighted by atomic mass is 16.5. The Kier molecular flexibility index (Phi) is 6.45. The Labute approximate surface area is 127 Å². The van der Waals surface area contributed by atoms with Crippen LogP contribution in [0.15, 0.2) is 0 Å². The molecule has 2 atom stereocenters. The van der Waals surface area contributed by atoms with Crippen molar-refractivity contribution in [3.63, 3.8) is 0 Å². The zero-order valence-electron chi connectivity index (χ0n) is 13.4. The predicted molar refractivity (Wildman–Crippen MR) is 80.1 cm³/mol. The van der Waals surface area contributed by atoms with E-state index in [0.29, 0.717) is 11.8 Å². The van der Waals surface area contributed by atoms with Gasteiger partial charge in [-0.15, -0.1) is 0 Å². The molecule has 0 spiro atoms. The van der Waals surface area contributed by atoms with Gasteiger partial charge in [-0.2, -0.15) is 0 Å². The molecular weight excluding hydrogens is 270 g/mol. The van der Waals surface area contributed by atoms with Crippen molar-refractivity contribution in [3.05, 3.63) is 0 Å². The zero-order chi connectivity index (χ0) is 15.1. The van der Waals surface area contributed by atoms with E-state index in [0.717, 1.165) is 65.0 Å². The normalized spacial score (nSPS) is 30.5. The van der Waals surface area contributed by atoms with Crippen molar-refractivity contribution >= 4 is 5.97 Å². The number of methoxy groups -OCH3 is 1. The molecule has 5 nitrogen and oxygen atoms in total. The van der Waals surface area contributed by atoms with Crippen LogP contribution < -0.4 is 5.32 Å². The van der Waals surface area contributed by atoms with E-state index in [1.54, 1.807) is 0 Å². The van der Waals surface area contributed by atoms with Gasteiger partial charge in [-0.05, 0) is 51.0 Å². The van der Waals surface area contributed by atoms with E-state index in [4.69, 9.17) is 14.2 Å². The number of ether oxygens (including phenoxy) is 3. The summed E-state index contributed by atoms with van der Waals surface area (Å²) in [5.74, 6) is 0.818. The van der Waals surface area contributed by atoms with Crippen molar-refractivity contribution in [1.82, 2.24) is 5.32 Å². The molecule has 0 aromatic carbocycles. The molecule has 0 radical (unpaired) electrons. The number of nitrogens with one attached hydrogen (secondary N) is 1. The van der Waals surface area contributed by atoms with Crippen LogP contribution in [0.5, 0.6) is 0 Å². The fraction of sp³-hybridized carbons (Fsp3) is 0.938. The lowest BCUT2D eigenvalue weighted by Gasteiger charge is -2.32. The van der Waals surface area contributed by atoms with Crippen molar-refractivity contribution in [2.24, 2.45) is 11.8 Å². The van der Waals surface area contributed by atoms with Gasteiger partial charge in [0.15, 0.2) is 0 Å². The van der Waals surface area contributed by atoms with Crippen LogP contribution in [0.25, 0.3) is 0 Å². The fourth-order valence-corrected chi connectivity index (χ4v) is 3.74. The van der Waals surface area contributed by atoms with E-state index in [2.05, 4.69) is 5.32 Å². The molecule has 1 N–H and O–H groups in total. The average molecular weight is 299 g/mol. The first kappa shape index (κ1) is 16.7. The van der Waals surface area contributed by atoms with Gasteiger partial charge >= 0.3 is 5.97 Å². The van der Waals surface area contributed by atoms with Gasteiger partial charge in [0.1, 0.15) is 5.54 Å². The number of hydrogen-bond acceptors (Lipinski definition) is 5. The maximum Gasteiger partial charge on any atom is 0.326 e. The molecule has 122 valence electrons. The van der Waals surface area contributed by atoms with Crippen LogP contribution in [-0.4, -0.2) is 52.1 Å². The molecule has 1 saturated carbocycles. The summed E-state index contributed by atoms with van der Waals surface area (Å²) >= 11 is 0. The van der Waals surface area contributed by atoms with Gasteiger partial charge in [-0.3, -0.25) is 4.79 Å². The molecular formula is C16H29NO4. The Hall–Kier alpha value is -0.650. The average Bonchev–Trinajstić information content (AvgIpc) is 2.96. The lowest BCUT2D eigenvalue weighted by atomic mass is 9.85. The van der Waals surface area contributed by atoms with Crippen LogP contribution in [0.3, 0.4) is 0 Å². The lowest BCUT2D eigenvalue weighted by Crippen LogP contribution is -2.54. The number of rotatable bonds is 7. The van der Waals surface area contributed by atoms with E-state index in [1.165, 1.54) is 7.11 Å². The van der Waals surface area contributed by atoms with Gasteiger partial charge in [0, 0.05) is 26.4 Å². The van der Waals surface area contributed by atoms with Crippen LogP contribution in [0.4, 0.5) is 0 Å². The summed E-state index contributed by atoms with van der Waals surface area (Å²) in [5.41, 5.74) is -0.503. The summed E-state index contributed by atoms with van der Waals surface area (Å²) < 4.78 is 16.2. The molecule has 1 heterocycles. The number of esters is 1. The molecule has 0 bridgehead atoms. The molecule has 2 aliphatic rings. The van der Waals surface area contributed by atoms with Crippen LogP contribution in [0.2, 0.25) is 0 Å². The van der Waals surface area contributed by atoms with Crippen LogP contribution in [0, 0.1) is 11.8 Å². The topological polar surface area (TPSA) is 56.8 Å². The van der Waals surface area contributed by atoms with Crippen molar-refractivity contribution in [2.75, 3.05) is 40.6 Å². The van der Waals surface area contributed by atoms with Crippen molar-refractivity contribution in [2.45, 2.75) is 44.1 Å². The van der Waals surface area contributed by atoms with Gasteiger partial charge in [-0.25, -0.2) is 0 Å². The van der Waals surface area contributed by atoms with Gasteiger partial charge in [0.2, 0.25) is 0 Å². The maximum atomic E-state index is 12.1. The van der Waals surface area contributed by atoms with Crippen molar-refractivity contribution in [3.8, 4) is 0 Å². The van der Waals surface area contributed by atoms with Crippen LogP contribution >= 0.6 is 0 Å². The highest BCUT2D eigenvalue weighted by Crippen LogP contribution is 2.38. The summed E-state index contributed by atoms with van der Waals surface area (Å²) in [6, 6.07) is 0. The van der Waals surface area contributed by atoms with E-state index in [1.807, 2.05) is 7.05 Å². The van der Waals surface area contributed by atoms with Gasteiger partial charge in [0.05, 0.1) is 7.11 Å². The monoisotopic (exact) mass is 299 g/mol. The first-order valence-corrected chi connectivity index (χ1v) is 8.15. The van der Waals surface area contributed by atoms with Gasteiger partial charge in [0.25, 0.3) is 0 Å². The molecule has 2 rings (SSSR count). The summed E-state index contributed by atoms with van der Waals surface area (Å²) in [4.78, 5) is 12.1. The van der Waals surface area contributed by atoms with Crippen LogP contribution in [-0.2, 0) is 19.0 Å². The minimum Gasteiger partial charge on any atom is -0.468 e. The van der Waals surface area contributed by atoms with Crippen molar-refractivity contribution in [1.29, 1.82) is 0 Å². The largest absolute Gasteiger partial charge is 0.468 e. The summed E-state index contributed by atoms with van der Waals surface area (Å²) in [5, 5.41) is 3.22. The zero-order valence-corrected chi connectivity index (χ0v) is 13.4. The first-order chi connectivity index (χ1) is 10.2. The number of carbonyl (C=O) groups excluding carboxylic acids is 1. The molecule has 2 fully saturated rings. The third-order valence-corrected chi connectivity index (χ3v) is 5.12. The third-order valence-electron chi connectivity index (χ3n) is 5.12. The second kappa shape index (κ2) is 8.11. The van der Waals surface area contributed by atoms with E-state index in [9.17, 15) is 4.79 Å². The number of carbonyl (C=O) groups is 1. The molecule has 21 heavy (non-hydrogen) atoms. The standard InChI is InChI=1S/C16H29NO4/c1-17-16(15(18)19-2)8-3-4-14(16)7-11-21-12-13-5-9-20-10-6-13/h13-14,17H,3-12H2,1-2H3. The Morgan fingerprint density at radius 3 is 2.76 bits per heavy atom. The molecule has 0 aromatic rings. The summed E-state index contributed by atoms with van der Waals surface area (Å²) in [6.07, 6.45) is 6.12. The van der Waals surface area contributed by atoms with Gasteiger partial charge < -0.3 is 19.5 Å². The smallest absolute Gasteiger partial charge is 0.326 e. The van der Waals surface area contributed by atoms with E-state index in [-0.39, 0.29) is 5.97 Å². The second-order valence-corrected chi connectivity index (χ2v) is 6.22. The minimum absolute atomic E-state index is 0.128. The van der Waals surface area contributed by atoms with Crippen LogP contribution in [0.1, 0.15) is 38.5 Å². The molecule has 1 aliphatic heterocycles. The Balaban J connectivity index is 1.74. The third kappa shape index (κ3) is 3.96. The Bertz CT molecular complexity index is 330. The summed E-state index contributed by atoms with van der Waals surface area (Å²) in [7, 11) is 3.33. The highest BCUT2D eigenvalue weighted by Gasteiger charge is 2.48. The molecule has 2 unspecified atom stereocenters. The SMILES string of the molecule is CNC1(C(=O)OC)CCCC1CCOCC1CCOCC1. The first-order valence-electron chi connectivity index (χ1n) is 8.15. The van der Waals surface area contributed by atoms with E-state index < -0.39 is 5.54 Å². The molecule has 1 aliphatic carbocycles. The predicted octanol–water partition coefficient (Wildman–Crippen LogP) is 1.75. The quantitative estimate of drug-likeness (QED) is 0.573. The summed E-state index contributed by atoms with van der Waals surface area (Å²) in [6.45, 7) is 3.27. The minimum atomic E-state index is -0.503. The number of likely N-dealkylation sites (N-methyl/N-ethyl adjacent to an activating group) is 1. The molecule has 5 heteroatoms. The highest BCUT2D eigenvalue weighted by molar-refractivity contribution is 5.81. The lowest BCUT2D eigenvalue weighted by molar-refractivity contribution is -0.150. The molecule has 0 amide bonds. The Morgan fingerprint density at radius 2 is 2.10 bits per heavy atom. The molecule has 0 aromatic heterocycles. The number of hydrogen-bond donors (Lipinski definition) is 1. The second-order valence-electron chi connectivity index (χ2n) is 6.22. The van der Waals surface area contributed by atoms with Gasteiger partial charge in [-0.1, -0.05) is 6.42 Å². The Morgan fingerprint density at radius 1 is 1.33 bits per heavy atom. The maximum absolute atomic E-state index is 12.1. The van der Waals surface area contributed by atoms with Crippen molar-refractivity contribution < 1.29 is 19.0 Å². The van der Waals surface area contributed by atoms with E-state index >= 15 is 0 Å².